The van der Waals surface area contributed by atoms with Crippen LogP contribution in [0.25, 0.3) is 11.5 Å². The molecule has 0 spiro atoms. The summed E-state index contributed by atoms with van der Waals surface area (Å²) < 4.78 is 10.2. The van der Waals surface area contributed by atoms with Gasteiger partial charge in [0.1, 0.15) is 0 Å². The maximum Gasteiger partial charge on any atom is 0.411 e. The second kappa shape index (κ2) is 7.28. The SMILES string of the molecule is COC(=O)Nc1cccc(NCc2nnc(-c3ccccc3)o2)c1. The second-order valence-electron chi connectivity index (χ2n) is 4.92. The summed E-state index contributed by atoms with van der Waals surface area (Å²) in [5, 5.41) is 13.8. The number of hydrogen-bond donors (Lipinski definition) is 2. The predicted molar refractivity (Wildman–Crippen MR) is 89.5 cm³/mol. The smallest absolute Gasteiger partial charge is 0.411 e. The molecule has 0 aliphatic heterocycles. The lowest BCUT2D eigenvalue weighted by atomic mass is 10.2. The van der Waals surface area contributed by atoms with Crippen molar-refractivity contribution < 1.29 is 13.9 Å². The first-order chi connectivity index (χ1) is 11.7. The molecule has 0 unspecified atom stereocenters. The molecule has 0 aliphatic carbocycles. The van der Waals surface area contributed by atoms with E-state index in [4.69, 9.17) is 4.42 Å². The standard InChI is InChI=1S/C17H16N4O3/c1-23-17(22)19-14-9-5-8-13(10-14)18-11-15-20-21-16(24-15)12-6-3-2-4-7-12/h2-10,18H,11H2,1H3,(H,19,22). The van der Waals surface area contributed by atoms with E-state index in [1.54, 1.807) is 12.1 Å². The Bertz CT molecular complexity index is 817. The van der Waals surface area contributed by atoms with Gasteiger partial charge in [-0.25, -0.2) is 4.79 Å². The summed E-state index contributed by atoms with van der Waals surface area (Å²) in [5.41, 5.74) is 2.31. The van der Waals surface area contributed by atoms with E-state index in [-0.39, 0.29) is 0 Å². The number of hydrogen-bond acceptors (Lipinski definition) is 6. The molecule has 1 aromatic heterocycles. The number of nitrogens with zero attached hydrogens (tertiary/aromatic N) is 2. The summed E-state index contributed by atoms with van der Waals surface area (Å²) in [4.78, 5) is 11.2. The zero-order chi connectivity index (χ0) is 16.8. The number of ether oxygens (including phenoxy) is 1. The molecule has 7 heteroatoms. The van der Waals surface area contributed by atoms with Crippen molar-refractivity contribution in [3.63, 3.8) is 0 Å². The molecular formula is C17H16N4O3. The van der Waals surface area contributed by atoms with Crippen LogP contribution in [0.4, 0.5) is 16.2 Å². The molecule has 0 atom stereocenters. The third-order valence-electron chi connectivity index (χ3n) is 3.23. The van der Waals surface area contributed by atoms with Crippen LogP contribution >= 0.6 is 0 Å². The van der Waals surface area contributed by atoms with E-state index in [0.717, 1.165) is 11.3 Å². The normalized spacial score (nSPS) is 10.2. The molecule has 2 aromatic carbocycles. The van der Waals surface area contributed by atoms with Crippen LogP contribution in [0.5, 0.6) is 0 Å². The zero-order valence-electron chi connectivity index (χ0n) is 13.0. The average Bonchev–Trinajstić information content (AvgIpc) is 3.10. The molecule has 0 aliphatic rings. The maximum absolute atomic E-state index is 11.2. The van der Waals surface area contributed by atoms with Crippen LogP contribution < -0.4 is 10.6 Å². The van der Waals surface area contributed by atoms with E-state index in [2.05, 4.69) is 25.6 Å². The molecule has 3 rings (SSSR count). The number of benzene rings is 2. The van der Waals surface area contributed by atoms with E-state index in [0.29, 0.717) is 24.0 Å². The van der Waals surface area contributed by atoms with Gasteiger partial charge in [0.25, 0.3) is 0 Å². The molecule has 7 nitrogen and oxygen atoms in total. The summed E-state index contributed by atoms with van der Waals surface area (Å²) in [6.07, 6.45) is -0.517. The molecule has 0 saturated heterocycles. The van der Waals surface area contributed by atoms with Crippen molar-refractivity contribution in [2.75, 3.05) is 17.7 Å². The summed E-state index contributed by atoms with van der Waals surface area (Å²) in [6, 6.07) is 16.8. The van der Waals surface area contributed by atoms with Gasteiger partial charge in [-0.05, 0) is 30.3 Å². The number of carbonyl (C=O) groups excluding carboxylic acids is 1. The van der Waals surface area contributed by atoms with Gasteiger partial charge in [-0.3, -0.25) is 5.32 Å². The number of anilines is 2. The van der Waals surface area contributed by atoms with Crippen molar-refractivity contribution in [2.45, 2.75) is 6.54 Å². The maximum atomic E-state index is 11.2. The fraction of sp³-hybridized carbons (Fsp3) is 0.118. The first kappa shape index (κ1) is 15.5. The molecule has 3 aromatic rings. The molecule has 0 bridgehead atoms. The van der Waals surface area contributed by atoms with Crippen molar-refractivity contribution in [1.29, 1.82) is 0 Å². The lowest BCUT2D eigenvalue weighted by molar-refractivity contribution is 0.187. The van der Waals surface area contributed by atoms with Crippen molar-refractivity contribution in [2.24, 2.45) is 0 Å². The van der Waals surface area contributed by atoms with Crippen molar-refractivity contribution in [1.82, 2.24) is 10.2 Å². The number of nitrogens with one attached hydrogen (secondary N) is 2. The van der Waals surface area contributed by atoms with Gasteiger partial charge >= 0.3 is 6.09 Å². The van der Waals surface area contributed by atoms with Gasteiger partial charge in [-0.1, -0.05) is 24.3 Å². The topological polar surface area (TPSA) is 89.3 Å². The molecule has 0 saturated carbocycles. The van der Waals surface area contributed by atoms with Gasteiger partial charge in [0.15, 0.2) is 0 Å². The highest BCUT2D eigenvalue weighted by atomic mass is 16.5. The fourth-order valence-corrected chi connectivity index (χ4v) is 2.08. The largest absolute Gasteiger partial charge is 0.453 e. The molecule has 1 heterocycles. The number of aromatic nitrogens is 2. The minimum atomic E-state index is -0.517. The Morgan fingerprint density at radius 2 is 1.88 bits per heavy atom. The van der Waals surface area contributed by atoms with E-state index in [9.17, 15) is 4.79 Å². The Balaban J connectivity index is 1.63. The minimum absolute atomic E-state index is 0.376. The Morgan fingerprint density at radius 3 is 2.67 bits per heavy atom. The molecule has 1 amide bonds. The summed E-state index contributed by atoms with van der Waals surface area (Å²) in [7, 11) is 1.32. The quantitative estimate of drug-likeness (QED) is 0.746. The van der Waals surface area contributed by atoms with Crippen LogP contribution in [0.3, 0.4) is 0 Å². The van der Waals surface area contributed by atoms with E-state index < -0.39 is 6.09 Å². The van der Waals surface area contributed by atoms with Gasteiger partial charge < -0.3 is 14.5 Å². The monoisotopic (exact) mass is 324 g/mol. The average molecular weight is 324 g/mol. The Hall–Kier alpha value is -3.35. The Kier molecular flexibility index (Phi) is 4.71. The molecule has 0 radical (unpaired) electrons. The zero-order valence-corrected chi connectivity index (χ0v) is 13.0. The van der Waals surface area contributed by atoms with Gasteiger partial charge in [0.2, 0.25) is 11.8 Å². The molecule has 24 heavy (non-hydrogen) atoms. The van der Waals surface area contributed by atoms with Crippen LogP contribution in [-0.2, 0) is 11.3 Å². The molecule has 122 valence electrons. The molecular weight excluding hydrogens is 308 g/mol. The Morgan fingerprint density at radius 1 is 1.08 bits per heavy atom. The van der Waals surface area contributed by atoms with Crippen molar-refractivity contribution >= 4 is 17.5 Å². The third-order valence-corrected chi connectivity index (χ3v) is 3.23. The first-order valence-corrected chi connectivity index (χ1v) is 7.31. The molecule has 0 fully saturated rings. The second-order valence-corrected chi connectivity index (χ2v) is 4.92. The first-order valence-electron chi connectivity index (χ1n) is 7.31. The van der Waals surface area contributed by atoms with Crippen LogP contribution in [-0.4, -0.2) is 23.4 Å². The van der Waals surface area contributed by atoms with Gasteiger partial charge in [-0.2, -0.15) is 0 Å². The van der Waals surface area contributed by atoms with Crippen LogP contribution in [0.2, 0.25) is 0 Å². The minimum Gasteiger partial charge on any atom is -0.453 e. The number of amides is 1. The Labute approximate surface area is 138 Å². The number of carbonyl (C=O) groups is 1. The van der Waals surface area contributed by atoms with E-state index in [1.165, 1.54) is 7.11 Å². The number of rotatable bonds is 5. The lowest BCUT2D eigenvalue weighted by Gasteiger charge is -2.07. The predicted octanol–water partition coefficient (Wildman–Crippen LogP) is 3.53. The van der Waals surface area contributed by atoms with Crippen molar-refractivity contribution in [3.05, 3.63) is 60.5 Å². The van der Waals surface area contributed by atoms with Crippen LogP contribution in [0, 0.1) is 0 Å². The molecule has 2 N–H and O–H groups in total. The fourth-order valence-electron chi connectivity index (χ4n) is 2.08. The highest BCUT2D eigenvalue weighted by Crippen LogP contribution is 2.19. The van der Waals surface area contributed by atoms with E-state index in [1.807, 2.05) is 42.5 Å². The van der Waals surface area contributed by atoms with Gasteiger partial charge in [-0.15, -0.1) is 10.2 Å². The van der Waals surface area contributed by atoms with Gasteiger partial charge in [0, 0.05) is 16.9 Å². The summed E-state index contributed by atoms with van der Waals surface area (Å²) in [5.74, 6) is 0.952. The highest BCUT2D eigenvalue weighted by Gasteiger charge is 2.08. The summed E-state index contributed by atoms with van der Waals surface area (Å²) in [6.45, 7) is 0.376. The third kappa shape index (κ3) is 3.89. The summed E-state index contributed by atoms with van der Waals surface area (Å²) >= 11 is 0. The number of methoxy groups -OCH3 is 1. The van der Waals surface area contributed by atoms with Gasteiger partial charge in [0.05, 0.1) is 13.7 Å². The van der Waals surface area contributed by atoms with Crippen molar-refractivity contribution in [3.8, 4) is 11.5 Å². The van der Waals surface area contributed by atoms with Crippen LogP contribution in [0.15, 0.2) is 59.0 Å². The van der Waals surface area contributed by atoms with Crippen LogP contribution in [0.1, 0.15) is 5.89 Å². The van der Waals surface area contributed by atoms with E-state index >= 15 is 0 Å². The lowest BCUT2D eigenvalue weighted by Crippen LogP contribution is -2.11. The highest BCUT2D eigenvalue weighted by molar-refractivity contribution is 5.85.